The van der Waals surface area contributed by atoms with E-state index in [1.807, 2.05) is 0 Å². The highest BCUT2D eigenvalue weighted by atomic mass is 31.2. The lowest BCUT2D eigenvalue weighted by Crippen LogP contribution is -1.98. The van der Waals surface area contributed by atoms with Crippen LogP contribution in [0.25, 0.3) is 0 Å². The molecule has 0 saturated heterocycles. The van der Waals surface area contributed by atoms with Crippen LogP contribution in [0, 0.1) is 0 Å². The highest BCUT2D eigenvalue weighted by Crippen LogP contribution is 2.34. The number of ether oxygens (including phenoxy) is 1. The second-order valence-electron chi connectivity index (χ2n) is 2.18. The van der Waals surface area contributed by atoms with Gasteiger partial charge >= 0.3 is 13.8 Å². The molecule has 0 aromatic carbocycles. The molecule has 0 unspecified atom stereocenters. The molecule has 0 aromatic rings. The van der Waals surface area contributed by atoms with Crippen molar-refractivity contribution >= 4 is 13.8 Å². The lowest BCUT2D eigenvalue weighted by Gasteiger charge is -1.98. The van der Waals surface area contributed by atoms with Crippen LogP contribution in [-0.4, -0.2) is 29.5 Å². The van der Waals surface area contributed by atoms with E-state index in [1.54, 1.807) is 6.92 Å². The first-order valence-electron chi connectivity index (χ1n) is 3.68. The summed E-state index contributed by atoms with van der Waals surface area (Å²) in [4.78, 5) is 26.0. The first-order chi connectivity index (χ1) is 6.24. The van der Waals surface area contributed by atoms with E-state index in [-0.39, 0.29) is 12.6 Å². The molecule has 0 radical (unpaired) electrons. The molecule has 0 bridgehead atoms. The van der Waals surface area contributed by atoms with Gasteiger partial charge in [0.1, 0.15) is 0 Å². The molecule has 0 aromatic heterocycles. The molecule has 0 aliphatic carbocycles. The Morgan fingerprint density at radius 3 is 1.93 bits per heavy atom. The molecule has 7 heteroatoms. The van der Waals surface area contributed by atoms with Crippen molar-refractivity contribution < 1.29 is 28.4 Å². The number of phosphoric acid groups is 1. The van der Waals surface area contributed by atoms with Gasteiger partial charge in [-0.15, -0.1) is 0 Å². The summed E-state index contributed by atoms with van der Waals surface area (Å²) in [7, 11) is -2.84. The van der Waals surface area contributed by atoms with Crippen molar-refractivity contribution in [2.75, 3.05) is 13.7 Å². The number of methoxy groups -OCH3 is 1. The summed E-state index contributed by atoms with van der Waals surface area (Å²) >= 11 is 0. The number of carbonyl (C=O) groups is 1. The van der Waals surface area contributed by atoms with Crippen LogP contribution in [0.4, 0.5) is 0 Å². The summed E-state index contributed by atoms with van der Waals surface area (Å²) in [6.45, 7) is 6.51. The van der Waals surface area contributed by atoms with Gasteiger partial charge in [0.05, 0.1) is 13.7 Å². The Kier molecular flexibility index (Phi) is 8.68. The number of phosphoric ester groups is 1. The standard InChI is InChI=1S/C5H8O2.C2H7O4P/c1-4(2)5(6)7-3;1-2-6-7(3,4)5/h1H2,2-3H3;2H2,1H3,(H2,3,4,5). The molecule has 84 valence electrons. The number of carbonyl (C=O) groups excluding carboxylic acids is 1. The van der Waals surface area contributed by atoms with Crippen LogP contribution in [0.2, 0.25) is 0 Å². The first kappa shape index (κ1) is 15.8. The second kappa shape index (κ2) is 7.70. The molecular formula is C7H15O6P. The lowest BCUT2D eigenvalue weighted by molar-refractivity contribution is -0.136. The average molecular weight is 226 g/mol. The maximum Gasteiger partial charge on any atom is 0.469 e. The van der Waals surface area contributed by atoms with E-state index in [0.29, 0.717) is 5.57 Å². The number of rotatable bonds is 3. The van der Waals surface area contributed by atoms with Gasteiger partial charge in [-0.1, -0.05) is 6.58 Å². The van der Waals surface area contributed by atoms with Crippen LogP contribution < -0.4 is 0 Å². The average Bonchev–Trinajstić information content (AvgIpc) is 2.01. The monoisotopic (exact) mass is 226 g/mol. The van der Waals surface area contributed by atoms with E-state index in [0.717, 1.165) is 0 Å². The van der Waals surface area contributed by atoms with Gasteiger partial charge in [-0.2, -0.15) is 0 Å². The van der Waals surface area contributed by atoms with Crippen molar-refractivity contribution in [1.29, 1.82) is 0 Å². The summed E-state index contributed by atoms with van der Waals surface area (Å²) < 4.78 is 17.9. The van der Waals surface area contributed by atoms with Crippen LogP contribution in [0.1, 0.15) is 13.8 Å². The predicted octanol–water partition coefficient (Wildman–Crippen LogP) is 0.851. The Labute approximate surface area is 82.8 Å². The summed E-state index contributed by atoms with van der Waals surface area (Å²) in [6, 6.07) is 0. The zero-order chi connectivity index (χ0) is 11.8. The summed E-state index contributed by atoms with van der Waals surface area (Å²) in [5.41, 5.74) is 0.433. The normalized spacial score (nSPS) is 9.79. The van der Waals surface area contributed by atoms with Gasteiger partial charge < -0.3 is 14.5 Å². The molecule has 0 rings (SSSR count). The SMILES string of the molecule is C=C(C)C(=O)OC.CCOP(=O)(O)O. The van der Waals surface area contributed by atoms with Crippen LogP contribution in [0.5, 0.6) is 0 Å². The Morgan fingerprint density at radius 1 is 1.50 bits per heavy atom. The zero-order valence-corrected chi connectivity index (χ0v) is 9.28. The molecule has 6 nitrogen and oxygen atoms in total. The third-order valence-corrected chi connectivity index (χ3v) is 1.43. The largest absolute Gasteiger partial charge is 0.469 e. The molecule has 0 atom stereocenters. The van der Waals surface area contributed by atoms with Gasteiger partial charge in [-0.05, 0) is 13.8 Å². The number of hydrogen-bond donors (Lipinski definition) is 2. The highest BCUT2D eigenvalue weighted by Gasteiger charge is 2.10. The number of hydrogen-bond acceptors (Lipinski definition) is 4. The third kappa shape index (κ3) is 13.9. The minimum absolute atomic E-state index is 0.0459. The smallest absolute Gasteiger partial charge is 0.466 e. The molecule has 2 N–H and O–H groups in total. The van der Waals surface area contributed by atoms with Gasteiger partial charge in [0.15, 0.2) is 0 Å². The van der Waals surface area contributed by atoms with Crippen molar-refractivity contribution in [2.45, 2.75) is 13.8 Å². The van der Waals surface area contributed by atoms with Crippen LogP contribution in [0.15, 0.2) is 12.2 Å². The van der Waals surface area contributed by atoms with Crippen LogP contribution >= 0.6 is 7.82 Å². The quantitative estimate of drug-likeness (QED) is 0.421. The third-order valence-electron chi connectivity index (χ3n) is 0.831. The topological polar surface area (TPSA) is 93.1 Å². The second-order valence-corrected chi connectivity index (χ2v) is 3.42. The maximum atomic E-state index is 10.2. The van der Waals surface area contributed by atoms with Gasteiger partial charge in [0.25, 0.3) is 0 Å². The van der Waals surface area contributed by atoms with Crippen molar-refractivity contribution in [1.82, 2.24) is 0 Å². The Morgan fingerprint density at radius 2 is 1.93 bits per heavy atom. The van der Waals surface area contributed by atoms with E-state index < -0.39 is 7.82 Å². The molecule has 0 spiro atoms. The first-order valence-corrected chi connectivity index (χ1v) is 5.21. The minimum atomic E-state index is -4.17. The van der Waals surface area contributed by atoms with Gasteiger partial charge in [0, 0.05) is 5.57 Å². The molecule has 0 heterocycles. The minimum Gasteiger partial charge on any atom is -0.466 e. The van der Waals surface area contributed by atoms with E-state index >= 15 is 0 Å². The van der Waals surface area contributed by atoms with E-state index in [2.05, 4.69) is 15.8 Å². The molecular weight excluding hydrogens is 211 g/mol. The van der Waals surface area contributed by atoms with E-state index in [4.69, 9.17) is 9.79 Å². The maximum absolute atomic E-state index is 10.2. The highest BCUT2D eigenvalue weighted by molar-refractivity contribution is 7.46. The van der Waals surface area contributed by atoms with E-state index in [1.165, 1.54) is 14.0 Å². The molecule has 0 aliphatic rings. The zero-order valence-electron chi connectivity index (χ0n) is 8.39. The van der Waals surface area contributed by atoms with Crippen LogP contribution in [-0.2, 0) is 18.6 Å². The molecule has 14 heavy (non-hydrogen) atoms. The summed E-state index contributed by atoms with van der Waals surface area (Å²) in [5, 5.41) is 0. The van der Waals surface area contributed by atoms with Crippen LogP contribution in [0.3, 0.4) is 0 Å². The lowest BCUT2D eigenvalue weighted by atomic mass is 10.4. The molecule has 0 fully saturated rings. The molecule has 0 amide bonds. The fourth-order valence-electron chi connectivity index (χ4n) is 0.342. The Hall–Kier alpha value is -0.680. The Bertz CT molecular complexity index is 230. The fourth-order valence-corrected chi connectivity index (χ4v) is 0.679. The Balaban J connectivity index is 0. The van der Waals surface area contributed by atoms with Gasteiger partial charge in [0.2, 0.25) is 0 Å². The molecule has 0 saturated carbocycles. The van der Waals surface area contributed by atoms with E-state index in [9.17, 15) is 9.36 Å². The fraction of sp³-hybridized carbons (Fsp3) is 0.571. The van der Waals surface area contributed by atoms with Gasteiger partial charge in [-0.3, -0.25) is 4.52 Å². The summed E-state index contributed by atoms with van der Waals surface area (Å²) in [6.07, 6.45) is 0. The predicted molar refractivity (Wildman–Crippen MR) is 50.5 cm³/mol. The molecule has 0 aliphatic heterocycles. The van der Waals surface area contributed by atoms with Crippen molar-refractivity contribution in [2.24, 2.45) is 0 Å². The summed E-state index contributed by atoms with van der Waals surface area (Å²) in [5.74, 6) is -0.347. The van der Waals surface area contributed by atoms with Crippen molar-refractivity contribution in [3.05, 3.63) is 12.2 Å². The van der Waals surface area contributed by atoms with Crippen molar-refractivity contribution in [3.8, 4) is 0 Å². The van der Waals surface area contributed by atoms with Crippen molar-refractivity contribution in [3.63, 3.8) is 0 Å². The van der Waals surface area contributed by atoms with Gasteiger partial charge in [-0.25, -0.2) is 9.36 Å². The number of esters is 1.